The molecule has 0 aromatic heterocycles. The fourth-order valence-corrected chi connectivity index (χ4v) is 5.28. The van der Waals surface area contributed by atoms with E-state index in [1.807, 2.05) is 0 Å². The third-order valence-corrected chi connectivity index (χ3v) is 5.65. The molecule has 4 aliphatic rings. The van der Waals surface area contributed by atoms with Gasteiger partial charge in [-0.15, -0.1) is 0 Å². The van der Waals surface area contributed by atoms with Crippen LogP contribution >= 0.6 is 0 Å². The number of carbonyl (C=O) groups is 1. The molecule has 0 unspecified atom stereocenters. The Balaban J connectivity index is 1.46. The van der Waals surface area contributed by atoms with Gasteiger partial charge in [0.25, 0.3) is 0 Å². The molecule has 118 valence electrons. The van der Waals surface area contributed by atoms with Gasteiger partial charge in [-0.3, -0.25) is 0 Å². The first-order valence-electron chi connectivity index (χ1n) is 8.12. The van der Waals surface area contributed by atoms with E-state index in [0.717, 1.165) is 37.0 Å². The SMILES string of the molecule is O=C(Nc1ccc(O)cc1O)NC12CC3CC(CC(C3)C1)C2. The number of benzene rings is 1. The highest BCUT2D eigenvalue weighted by atomic mass is 16.3. The number of phenols is 2. The molecule has 0 radical (unpaired) electrons. The minimum atomic E-state index is -0.261. The molecule has 1 aromatic carbocycles. The molecule has 4 N–H and O–H groups in total. The maximum absolute atomic E-state index is 12.3. The van der Waals surface area contributed by atoms with Crippen LogP contribution in [-0.4, -0.2) is 21.8 Å². The van der Waals surface area contributed by atoms with Crippen LogP contribution in [-0.2, 0) is 0 Å². The average molecular weight is 302 g/mol. The first-order chi connectivity index (χ1) is 10.5. The lowest BCUT2D eigenvalue weighted by Crippen LogP contribution is -2.60. The largest absolute Gasteiger partial charge is 0.508 e. The smallest absolute Gasteiger partial charge is 0.319 e. The number of carbonyl (C=O) groups excluding carboxylic acids is 1. The van der Waals surface area contributed by atoms with Gasteiger partial charge in [-0.2, -0.15) is 0 Å². The first kappa shape index (κ1) is 13.7. The highest BCUT2D eigenvalue weighted by Gasteiger charge is 2.51. The van der Waals surface area contributed by atoms with Crippen molar-refractivity contribution in [2.45, 2.75) is 44.1 Å². The summed E-state index contributed by atoms with van der Waals surface area (Å²) in [6, 6.07) is 3.91. The molecule has 5 nitrogen and oxygen atoms in total. The van der Waals surface area contributed by atoms with Crippen molar-refractivity contribution in [2.24, 2.45) is 17.8 Å². The summed E-state index contributed by atoms with van der Waals surface area (Å²) in [5.74, 6) is 2.17. The van der Waals surface area contributed by atoms with Gasteiger partial charge in [-0.05, 0) is 68.4 Å². The second kappa shape index (κ2) is 4.80. The maximum atomic E-state index is 12.3. The standard InChI is InChI=1S/C17H22N2O3/c20-13-1-2-14(15(21)6-13)18-16(22)19-17-7-10-3-11(8-17)5-12(4-10)9-17/h1-2,6,10-12,20-21H,3-5,7-9H2,(H2,18,19,22). The molecule has 4 aliphatic carbocycles. The molecule has 5 rings (SSSR count). The number of amides is 2. The molecule has 4 saturated carbocycles. The van der Waals surface area contributed by atoms with E-state index >= 15 is 0 Å². The number of urea groups is 1. The summed E-state index contributed by atoms with van der Waals surface area (Å²) in [5, 5.41) is 25.0. The fraction of sp³-hybridized carbons (Fsp3) is 0.588. The Morgan fingerprint density at radius 3 is 2.18 bits per heavy atom. The summed E-state index contributed by atoms with van der Waals surface area (Å²) in [7, 11) is 0. The lowest BCUT2D eigenvalue weighted by Gasteiger charge is -2.56. The number of anilines is 1. The number of phenolic OH excluding ortho intramolecular Hbond substituents is 2. The van der Waals surface area contributed by atoms with E-state index in [0.29, 0.717) is 5.69 Å². The van der Waals surface area contributed by atoms with Crippen LogP contribution < -0.4 is 10.6 Å². The summed E-state index contributed by atoms with van der Waals surface area (Å²) in [5.41, 5.74) is 0.269. The van der Waals surface area contributed by atoms with Crippen molar-refractivity contribution in [3.63, 3.8) is 0 Å². The van der Waals surface area contributed by atoms with Gasteiger partial charge in [-0.25, -0.2) is 4.79 Å². The first-order valence-corrected chi connectivity index (χ1v) is 8.12. The van der Waals surface area contributed by atoms with Crippen molar-refractivity contribution in [3.8, 4) is 11.5 Å². The van der Waals surface area contributed by atoms with Crippen LogP contribution in [0.5, 0.6) is 11.5 Å². The van der Waals surface area contributed by atoms with Crippen LogP contribution in [0.4, 0.5) is 10.5 Å². The molecule has 0 spiro atoms. The van der Waals surface area contributed by atoms with Crippen molar-refractivity contribution < 1.29 is 15.0 Å². The van der Waals surface area contributed by atoms with Crippen molar-refractivity contribution in [3.05, 3.63) is 18.2 Å². The van der Waals surface area contributed by atoms with E-state index in [1.54, 1.807) is 0 Å². The van der Waals surface area contributed by atoms with E-state index in [4.69, 9.17) is 0 Å². The second-order valence-electron chi connectivity index (χ2n) is 7.48. The number of rotatable bonds is 2. The second-order valence-corrected chi connectivity index (χ2v) is 7.48. The predicted octanol–water partition coefficient (Wildman–Crippen LogP) is 3.19. The third-order valence-electron chi connectivity index (χ3n) is 5.65. The minimum absolute atomic E-state index is 0.0236. The van der Waals surface area contributed by atoms with Gasteiger partial charge in [-0.1, -0.05) is 0 Å². The van der Waals surface area contributed by atoms with Crippen molar-refractivity contribution >= 4 is 11.7 Å². The lowest BCUT2D eigenvalue weighted by molar-refractivity contribution is -0.0127. The van der Waals surface area contributed by atoms with Gasteiger partial charge in [0.1, 0.15) is 11.5 Å². The van der Waals surface area contributed by atoms with E-state index < -0.39 is 0 Å². The Kier molecular flexibility index (Phi) is 2.99. The molecule has 22 heavy (non-hydrogen) atoms. The van der Waals surface area contributed by atoms with E-state index in [9.17, 15) is 15.0 Å². The minimum Gasteiger partial charge on any atom is -0.508 e. The topological polar surface area (TPSA) is 81.6 Å². The number of hydrogen-bond acceptors (Lipinski definition) is 3. The van der Waals surface area contributed by atoms with Gasteiger partial charge >= 0.3 is 6.03 Å². The average Bonchev–Trinajstić information content (AvgIpc) is 2.39. The van der Waals surface area contributed by atoms with Gasteiger partial charge in [0, 0.05) is 11.6 Å². The Hall–Kier alpha value is -1.91. The van der Waals surface area contributed by atoms with Crippen molar-refractivity contribution in [2.75, 3.05) is 5.32 Å². The highest BCUT2D eigenvalue weighted by Crippen LogP contribution is 2.55. The molecular formula is C17H22N2O3. The molecule has 4 bridgehead atoms. The molecule has 0 saturated heterocycles. The van der Waals surface area contributed by atoms with Gasteiger partial charge in [0.2, 0.25) is 0 Å². The van der Waals surface area contributed by atoms with Crippen LogP contribution in [0, 0.1) is 17.8 Å². The number of hydrogen-bond donors (Lipinski definition) is 4. The zero-order valence-electron chi connectivity index (χ0n) is 12.5. The number of aromatic hydroxyl groups is 2. The van der Waals surface area contributed by atoms with Gasteiger partial charge < -0.3 is 20.8 Å². The van der Waals surface area contributed by atoms with Gasteiger partial charge in [0.05, 0.1) is 5.69 Å². The van der Waals surface area contributed by atoms with Crippen molar-refractivity contribution in [1.29, 1.82) is 0 Å². The molecule has 1 aromatic rings. The fourth-order valence-electron chi connectivity index (χ4n) is 5.28. The van der Waals surface area contributed by atoms with Crippen LogP contribution in [0.15, 0.2) is 18.2 Å². The van der Waals surface area contributed by atoms with Gasteiger partial charge in [0.15, 0.2) is 0 Å². The number of nitrogens with one attached hydrogen (secondary N) is 2. The summed E-state index contributed by atoms with van der Waals surface area (Å²) in [6.45, 7) is 0. The Labute approximate surface area is 129 Å². The molecule has 0 heterocycles. The molecule has 5 heteroatoms. The highest BCUT2D eigenvalue weighted by molar-refractivity contribution is 5.91. The Morgan fingerprint density at radius 2 is 1.64 bits per heavy atom. The van der Waals surface area contributed by atoms with E-state index in [2.05, 4.69) is 10.6 Å². The maximum Gasteiger partial charge on any atom is 0.319 e. The molecular weight excluding hydrogens is 280 g/mol. The van der Waals surface area contributed by atoms with Crippen LogP contribution in [0.25, 0.3) is 0 Å². The van der Waals surface area contributed by atoms with Crippen LogP contribution in [0.1, 0.15) is 38.5 Å². The Bertz CT molecular complexity index is 579. The normalized spacial score (nSPS) is 35.4. The zero-order valence-corrected chi connectivity index (χ0v) is 12.5. The van der Waals surface area contributed by atoms with E-state index in [1.165, 1.54) is 37.5 Å². The Morgan fingerprint density at radius 1 is 1.05 bits per heavy atom. The molecule has 2 amide bonds. The molecule has 4 fully saturated rings. The van der Waals surface area contributed by atoms with Crippen molar-refractivity contribution in [1.82, 2.24) is 5.32 Å². The summed E-state index contributed by atoms with van der Waals surface area (Å²) >= 11 is 0. The van der Waals surface area contributed by atoms with E-state index in [-0.39, 0.29) is 23.1 Å². The quantitative estimate of drug-likeness (QED) is 0.500. The summed E-state index contributed by atoms with van der Waals surface area (Å²) < 4.78 is 0. The monoisotopic (exact) mass is 302 g/mol. The van der Waals surface area contributed by atoms with Crippen LogP contribution in [0.3, 0.4) is 0 Å². The predicted molar refractivity (Wildman–Crippen MR) is 82.8 cm³/mol. The summed E-state index contributed by atoms with van der Waals surface area (Å²) in [4.78, 5) is 12.3. The molecule has 0 aliphatic heterocycles. The lowest BCUT2D eigenvalue weighted by atomic mass is 9.53. The summed E-state index contributed by atoms with van der Waals surface area (Å²) in [6.07, 6.45) is 7.28. The molecule has 0 atom stereocenters. The zero-order chi connectivity index (χ0) is 15.3. The van der Waals surface area contributed by atoms with Crippen LogP contribution in [0.2, 0.25) is 0 Å². The third kappa shape index (κ3) is 2.38.